The average Bonchev–Trinajstić information content (AvgIpc) is 3.47. The summed E-state index contributed by atoms with van der Waals surface area (Å²) in [6.07, 6.45) is 1.72. The Balaban J connectivity index is 1.43. The molecule has 1 aliphatic heterocycles. The van der Waals surface area contributed by atoms with Crippen LogP contribution < -0.4 is 11.1 Å². The summed E-state index contributed by atoms with van der Waals surface area (Å²) in [6, 6.07) is 12.4. The fourth-order valence-corrected chi connectivity index (χ4v) is 4.68. The van der Waals surface area contributed by atoms with Crippen molar-refractivity contribution in [1.82, 2.24) is 24.5 Å². The number of nitrogens with two attached hydrogens (primary N) is 1. The Morgan fingerprint density at radius 1 is 0.968 bits per heavy atom. The third kappa shape index (κ3) is 4.29. The smallest absolute Gasteiger partial charge is 0.290 e. The van der Waals surface area contributed by atoms with Gasteiger partial charge in [0.2, 0.25) is 10.0 Å². The zero-order valence-electron chi connectivity index (χ0n) is 16.3. The predicted molar refractivity (Wildman–Crippen MR) is 110 cm³/mol. The molecule has 0 unspecified atom stereocenters. The molecule has 0 aliphatic carbocycles. The quantitative estimate of drug-likeness (QED) is 0.573. The van der Waals surface area contributed by atoms with Crippen LogP contribution in [0.25, 0.3) is 5.69 Å². The standard InChI is InChI=1S/C19H19N7O4S/c20-17(27)18-22-24-26(23-18)15-7-5-14(6-8-15)21-19(28)13-3-9-16(10-4-13)31(29,30)25-11-1-2-12-25/h3-10H,1-2,11-12H2,(H2,20,27)(H,21,28). The van der Waals surface area contributed by atoms with Gasteiger partial charge in [-0.3, -0.25) is 9.59 Å². The van der Waals surface area contributed by atoms with E-state index in [1.807, 2.05) is 0 Å². The summed E-state index contributed by atoms with van der Waals surface area (Å²) in [4.78, 5) is 24.9. The Bertz CT molecular complexity index is 1210. The van der Waals surface area contributed by atoms with E-state index in [0.717, 1.165) is 17.6 Å². The number of nitrogens with one attached hydrogen (secondary N) is 1. The van der Waals surface area contributed by atoms with Crippen molar-refractivity contribution in [2.45, 2.75) is 17.7 Å². The highest BCUT2D eigenvalue weighted by Crippen LogP contribution is 2.21. The third-order valence-corrected chi connectivity index (χ3v) is 6.72. The van der Waals surface area contributed by atoms with Crippen molar-refractivity contribution in [1.29, 1.82) is 0 Å². The number of nitrogens with zero attached hydrogens (tertiary/aromatic N) is 5. The zero-order chi connectivity index (χ0) is 22.0. The van der Waals surface area contributed by atoms with Gasteiger partial charge in [0.15, 0.2) is 0 Å². The lowest BCUT2D eigenvalue weighted by Crippen LogP contribution is -2.27. The fourth-order valence-electron chi connectivity index (χ4n) is 3.16. The summed E-state index contributed by atoms with van der Waals surface area (Å²) in [6.45, 7) is 1.04. The second-order valence-corrected chi connectivity index (χ2v) is 8.84. The number of hydrogen-bond donors (Lipinski definition) is 2. The van der Waals surface area contributed by atoms with Crippen LogP contribution in [0.3, 0.4) is 0 Å². The summed E-state index contributed by atoms with van der Waals surface area (Å²) in [5.41, 5.74) is 6.47. The highest BCUT2D eigenvalue weighted by molar-refractivity contribution is 7.89. The first kappa shape index (κ1) is 20.6. The Kier molecular flexibility index (Phi) is 5.48. The molecule has 2 aromatic carbocycles. The van der Waals surface area contributed by atoms with Crippen LogP contribution in [-0.2, 0) is 10.0 Å². The molecule has 2 amide bonds. The Morgan fingerprint density at radius 2 is 1.61 bits per heavy atom. The lowest BCUT2D eigenvalue weighted by atomic mass is 10.2. The van der Waals surface area contributed by atoms with Gasteiger partial charge >= 0.3 is 0 Å². The first-order valence-electron chi connectivity index (χ1n) is 9.46. The number of aromatic nitrogens is 4. The van der Waals surface area contributed by atoms with Crippen molar-refractivity contribution in [2.75, 3.05) is 18.4 Å². The molecule has 1 saturated heterocycles. The highest BCUT2D eigenvalue weighted by atomic mass is 32.2. The van der Waals surface area contributed by atoms with Crippen molar-refractivity contribution in [3.63, 3.8) is 0 Å². The van der Waals surface area contributed by atoms with E-state index in [1.165, 1.54) is 28.6 Å². The Hall–Kier alpha value is -3.64. The molecule has 1 fully saturated rings. The van der Waals surface area contributed by atoms with Gasteiger partial charge in [-0.2, -0.15) is 4.31 Å². The SMILES string of the molecule is NC(=O)c1nnn(-c2ccc(NC(=O)c3ccc(S(=O)(=O)N4CCCC4)cc3)cc2)n1. The second-order valence-electron chi connectivity index (χ2n) is 6.90. The number of anilines is 1. The van der Waals surface area contributed by atoms with Crippen LogP contribution >= 0.6 is 0 Å². The largest absolute Gasteiger partial charge is 0.363 e. The minimum absolute atomic E-state index is 0.172. The van der Waals surface area contributed by atoms with E-state index in [9.17, 15) is 18.0 Å². The van der Waals surface area contributed by atoms with Crippen molar-refractivity contribution < 1.29 is 18.0 Å². The lowest BCUT2D eigenvalue weighted by molar-refractivity contribution is 0.0988. The van der Waals surface area contributed by atoms with Crippen molar-refractivity contribution in [3.05, 3.63) is 59.9 Å². The van der Waals surface area contributed by atoms with Crippen molar-refractivity contribution in [3.8, 4) is 5.69 Å². The molecule has 11 nitrogen and oxygen atoms in total. The number of tetrazole rings is 1. The molecule has 0 spiro atoms. The van der Waals surface area contributed by atoms with Gasteiger partial charge in [0.25, 0.3) is 17.6 Å². The molecule has 1 aromatic heterocycles. The predicted octanol–water partition coefficient (Wildman–Crippen LogP) is 0.798. The van der Waals surface area contributed by atoms with E-state index in [0.29, 0.717) is 30.0 Å². The topological polar surface area (TPSA) is 153 Å². The molecule has 3 N–H and O–H groups in total. The molecule has 0 saturated carbocycles. The lowest BCUT2D eigenvalue weighted by Gasteiger charge is -2.15. The summed E-state index contributed by atoms with van der Waals surface area (Å²) < 4.78 is 26.6. The van der Waals surface area contributed by atoms with Gasteiger partial charge in [0.1, 0.15) is 0 Å². The van der Waals surface area contributed by atoms with Crippen LogP contribution in [0.15, 0.2) is 53.4 Å². The van der Waals surface area contributed by atoms with Crippen LogP contribution in [-0.4, -0.2) is 57.8 Å². The van der Waals surface area contributed by atoms with Gasteiger partial charge in [-0.05, 0) is 66.6 Å². The molecule has 0 radical (unpaired) electrons. The number of amides is 2. The Morgan fingerprint density at radius 3 is 2.19 bits per heavy atom. The van der Waals surface area contributed by atoms with E-state index in [1.54, 1.807) is 24.3 Å². The molecular formula is C19H19N7O4S. The van der Waals surface area contributed by atoms with Gasteiger partial charge in [0, 0.05) is 24.3 Å². The van der Waals surface area contributed by atoms with Crippen LogP contribution in [0.2, 0.25) is 0 Å². The van der Waals surface area contributed by atoms with Gasteiger partial charge < -0.3 is 11.1 Å². The van der Waals surface area contributed by atoms with Crippen molar-refractivity contribution >= 4 is 27.5 Å². The molecule has 1 aliphatic rings. The van der Waals surface area contributed by atoms with Gasteiger partial charge in [0.05, 0.1) is 10.6 Å². The van der Waals surface area contributed by atoms with Crippen LogP contribution in [0.5, 0.6) is 0 Å². The number of benzene rings is 2. The number of sulfonamides is 1. The molecule has 160 valence electrons. The third-order valence-electron chi connectivity index (χ3n) is 4.81. The van der Waals surface area contributed by atoms with Gasteiger partial charge in [-0.25, -0.2) is 8.42 Å². The molecule has 31 heavy (non-hydrogen) atoms. The average molecular weight is 441 g/mol. The van der Waals surface area contributed by atoms with Crippen LogP contribution in [0.4, 0.5) is 5.69 Å². The van der Waals surface area contributed by atoms with Crippen LogP contribution in [0.1, 0.15) is 33.8 Å². The van der Waals surface area contributed by atoms with E-state index in [-0.39, 0.29) is 16.6 Å². The highest BCUT2D eigenvalue weighted by Gasteiger charge is 2.27. The number of rotatable bonds is 6. The fraction of sp³-hybridized carbons (Fsp3) is 0.211. The van der Waals surface area contributed by atoms with Crippen molar-refractivity contribution in [2.24, 2.45) is 5.73 Å². The number of carbonyl (C=O) groups excluding carboxylic acids is 2. The molecule has 3 aromatic rings. The summed E-state index contributed by atoms with van der Waals surface area (Å²) in [5.74, 6) is -1.37. The monoisotopic (exact) mass is 441 g/mol. The summed E-state index contributed by atoms with van der Waals surface area (Å²) in [5, 5.41) is 13.9. The normalized spacial score (nSPS) is 14.5. The molecule has 2 heterocycles. The minimum Gasteiger partial charge on any atom is -0.363 e. The maximum Gasteiger partial charge on any atom is 0.290 e. The number of primary amides is 1. The first-order chi connectivity index (χ1) is 14.8. The van der Waals surface area contributed by atoms with Gasteiger partial charge in [-0.15, -0.1) is 15.0 Å². The van der Waals surface area contributed by atoms with E-state index >= 15 is 0 Å². The summed E-state index contributed by atoms with van der Waals surface area (Å²) in [7, 11) is -3.52. The molecule has 0 bridgehead atoms. The Labute approximate surface area is 177 Å². The van der Waals surface area contributed by atoms with E-state index in [2.05, 4.69) is 20.7 Å². The molecule has 4 rings (SSSR count). The van der Waals surface area contributed by atoms with E-state index in [4.69, 9.17) is 5.73 Å². The minimum atomic E-state index is -3.52. The van der Waals surface area contributed by atoms with E-state index < -0.39 is 15.9 Å². The first-order valence-corrected chi connectivity index (χ1v) is 10.9. The number of hydrogen-bond acceptors (Lipinski definition) is 7. The maximum atomic E-state index is 12.6. The van der Waals surface area contributed by atoms with Crippen LogP contribution in [0, 0.1) is 0 Å². The molecular weight excluding hydrogens is 422 g/mol. The molecule has 12 heteroatoms. The maximum absolute atomic E-state index is 12.6. The second kappa shape index (κ2) is 8.24. The summed E-state index contributed by atoms with van der Waals surface area (Å²) >= 11 is 0. The molecule has 0 atom stereocenters. The number of carbonyl (C=O) groups is 2. The van der Waals surface area contributed by atoms with Gasteiger partial charge in [-0.1, -0.05) is 0 Å². The zero-order valence-corrected chi connectivity index (χ0v) is 17.1.